The van der Waals surface area contributed by atoms with Crippen LogP contribution in [0.1, 0.15) is 11.1 Å². The van der Waals surface area contributed by atoms with Crippen LogP contribution in [0.5, 0.6) is 0 Å². The molecule has 0 radical (unpaired) electrons. The normalized spacial score (nSPS) is 27.5. The second kappa shape index (κ2) is 12.0. The zero-order valence-corrected chi connectivity index (χ0v) is 25.4. The largest absolute Gasteiger partial charge is 0.229 e. The van der Waals surface area contributed by atoms with E-state index in [-0.39, 0.29) is 23.3 Å². The molecule has 2 aromatic rings. The fourth-order valence-electron chi connectivity index (χ4n) is 4.08. The van der Waals surface area contributed by atoms with E-state index in [1.807, 2.05) is 121 Å². The number of rotatable bonds is 8. The lowest BCUT2D eigenvalue weighted by Crippen LogP contribution is -2.25. The lowest BCUT2D eigenvalue weighted by Gasteiger charge is -2.24. The minimum absolute atomic E-state index is 0.0708. The quantitative estimate of drug-likeness (QED) is 0.206. The third-order valence-electron chi connectivity index (χ3n) is 6.14. The Morgan fingerprint density at radius 2 is 1.03 bits per heavy atom. The molecule has 0 amide bonds. The molecule has 2 nitrogen and oxygen atoms in total. The van der Waals surface area contributed by atoms with Gasteiger partial charge in [-0.1, -0.05) is 164 Å². The molecule has 0 unspecified atom stereocenters. The maximum Gasteiger partial charge on any atom is 0.152 e. The Labute approximate surface area is 246 Å². The number of hydrogen-bond donors (Lipinski definition) is 0. The summed E-state index contributed by atoms with van der Waals surface area (Å²) in [6.45, 7) is 0. The zero-order valence-electron chi connectivity index (χ0n) is 19.9. The van der Waals surface area contributed by atoms with Crippen LogP contribution in [-0.2, 0) is 9.84 Å². The maximum absolute atomic E-state index is 13.0. The SMILES string of the molecule is O=S(=O)(CC1C=CC(Br)(/C=C/c2ccccc2Cl)C=C1)CC1C=CC(Br)(/C=C/c2ccccc2Cl)C=C1. The van der Waals surface area contributed by atoms with E-state index in [0.29, 0.717) is 10.0 Å². The van der Waals surface area contributed by atoms with Gasteiger partial charge in [0, 0.05) is 21.9 Å². The topological polar surface area (TPSA) is 34.1 Å². The lowest BCUT2D eigenvalue weighted by atomic mass is 9.96. The molecule has 7 heteroatoms. The van der Waals surface area contributed by atoms with E-state index in [9.17, 15) is 8.42 Å². The summed E-state index contributed by atoms with van der Waals surface area (Å²) in [7, 11) is -3.28. The van der Waals surface area contributed by atoms with Crippen LogP contribution < -0.4 is 0 Å². The minimum atomic E-state index is -3.28. The highest BCUT2D eigenvalue weighted by Crippen LogP contribution is 2.33. The smallest absolute Gasteiger partial charge is 0.152 e. The highest BCUT2D eigenvalue weighted by molar-refractivity contribution is 9.10. The molecule has 0 fully saturated rings. The molecule has 0 spiro atoms. The molecule has 0 atom stereocenters. The predicted molar refractivity (Wildman–Crippen MR) is 166 cm³/mol. The first kappa shape index (κ1) is 28.4. The van der Waals surface area contributed by atoms with Gasteiger partial charge in [-0.2, -0.15) is 0 Å². The average Bonchev–Trinajstić information content (AvgIpc) is 2.86. The van der Waals surface area contributed by atoms with Gasteiger partial charge in [-0.25, -0.2) is 8.42 Å². The number of hydrogen-bond acceptors (Lipinski definition) is 2. The van der Waals surface area contributed by atoms with Crippen LogP contribution >= 0.6 is 55.1 Å². The maximum atomic E-state index is 13.0. The molecular formula is C30H26Br2Cl2O2S. The number of sulfone groups is 1. The molecule has 37 heavy (non-hydrogen) atoms. The lowest BCUT2D eigenvalue weighted by molar-refractivity contribution is 0.586. The third-order valence-corrected chi connectivity index (χ3v) is 10.2. The van der Waals surface area contributed by atoms with Crippen LogP contribution in [0.15, 0.2) is 109 Å². The van der Waals surface area contributed by atoms with Crippen molar-refractivity contribution in [3.8, 4) is 0 Å². The van der Waals surface area contributed by atoms with Crippen molar-refractivity contribution < 1.29 is 8.42 Å². The summed E-state index contributed by atoms with van der Waals surface area (Å²) in [5.74, 6) is -0.201. The number of halogens is 4. The fraction of sp³-hybridized carbons (Fsp3) is 0.200. The molecule has 0 aromatic heterocycles. The fourth-order valence-corrected chi connectivity index (χ4v) is 7.10. The first-order valence-corrected chi connectivity index (χ1v) is 15.9. The van der Waals surface area contributed by atoms with Crippen LogP contribution in [0.2, 0.25) is 10.0 Å². The minimum Gasteiger partial charge on any atom is -0.229 e. The van der Waals surface area contributed by atoms with Gasteiger partial charge in [-0.15, -0.1) is 0 Å². The van der Waals surface area contributed by atoms with Gasteiger partial charge in [0.25, 0.3) is 0 Å². The summed E-state index contributed by atoms with van der Waals surface area (Å²) < 4.78 is 25.0. The molecule has 0 saturated heterocycles. The van der Waals surface area contributed by atoms with Crippen molar-refractivity contribution in [2.75, 3.05) is 11.5 Å². The van der Waals surface area contributed by atoms with Crippen LogP contribution in [0, 0.1) is 11.8 Å². The Kier molecular flexibility index (Phi) is 9.24. The molecule has 2 aliphatic rings. The van der Waals surface area contributed by atoms with E-state index < -0.39 is 18.5 Å². The van der Waals surface area contributed by atoms with E-state index in [4.69, 9.17) is 23.2 Å². The molecule has 2 aliphatic carbocycles. The highest BCUT2D eigenvalue weighted by atomic mass is 79.9. The summed E-state index contributed by atoms with van der Waals surface area (Å²) in [5, 5.41) is 1.37. The molecule has 0 saturated carbocycles. The van der Waals surface area contributed by atoms with Crippen molar-refractivity contribution in [1.82, 2.24) is 0 Å². The van der Waals surface area contributed by atoms with E-state index in [1.54, 1.807) is 0 Å². The highest BCUT2D eigenvalue weighted by Gasteiger charge is 2.27. The Morgan fingerprint density at radius 3 is 1.38 bits per heavy atom. The van der Waals surface area contributed by atoms with E-state index in [1.165, 1.54) is 0 Å². The number of benzene rings is 2. The first-order chi connectivity index (χ1) is 17.5. The van der Waals surface area contributed by atoms with Gasteiger partial charge in [0.05, 0.1) is 20.2 Å². The Hall–Kier alpha value is -1.63. The second-order valence-corrected chi connectivity index (χ2v) is 14.9. The van der Waals surface area contributed by atoms with Gasteiger partial charge in [-0.3, -0.25) is 0 Å². The van der Waals surface area contributed by atoms with Crippen LogP contribution in [0.4, 0.5) is 0 Å². The molecule has 0 aliphatic heterocycles. The molecule has 192 valence electrons. The van der Waals surface area contributed by atoms with Gasteiger partial charge in [0.15, 0.2) is 9.84 Å². The summed E-state index contributed by atoms with van der Waals surface area (Å²) in [5.41, 5.74) is 1.85. The molecular weight excluding hydrogens is 655 g/mol. The van der Waals surface area contributed by atoms with Crippen LogP contribution in [-0.4, -0.2) is 28.6 Å². The van der Waals surface area contributed by atoms with Crippen molar-refractivity contribution in [3.63, 3.8) is 0 Å². The standard InChI is InChI=1S/C30H26Br2Cl2O2S/c31-29(19-13-25-5-1-3-7-27(25)33)15-9-23(10-16-29)21-37(35,36)22-24-11-17-30(32,18-12-24)20-14-26-6-2-4-8-28(26)34/h1-20,23-24H,21-22H2/b19-13+,20-14+. The van der Waals surface area contributed by atoms with E-state index in [2.05, 4.69) is 31.9 Å². The van der Waals surface area contributed by atoms with Gasteiger partial charge in [-0.05, 0) is 23.3 Å². The Bertz CT molecular complexity index is 1290. The predicted octanol–water partition coefficient (Wildman–Crippen LogP) is 8.89. The number of alkyl halides is 2. The van der Waals surface area contributed by atoms with E-state index >= 15 is 0 Å². The van der Waals surface area contributed by atoms with Crippen molar-refractivity contribution >= 4 is 77.1 Å². The van der Waals surface area contributed by atoms with Crippen molar-refractivity contribution in [2.45, 2.75) is 8.65 Å². The molecule has 0 bridgehead atoms. The molecule has 2 aromatic carbocycles. The van der Waals surface area contributed by atoms with Crippen molar-refractivity contribution in [2.24, 2.45) is 11.8 Å². The van der Waals surface area contributed by atoms with E-state index in [0.717, 1.165) is 11.1 Å². The monoisotopic (exact) mass is 678 g/mol. The van der Waals surface area contributed by atoms with Crippen molar-refractivity contribution in [3.05, 3.63) is 130 Å². The number of allylic oxidation sites excluding steroid dienone is 10. The first-order valence-electron chi connectivity index (χ1n) is 11.8. The summed E-state index contributed by atoms with van der Waals surface area (Å²) >= 11 is 19.9. The third kappa shape index (κ3) is 8.18. The molecule has 4 rings (SSSR count). The summed E-state index contributed by atoms with van der Waals surface area (Å²) in [4.78, 5) is 0. The molecule has 0 N–H and O–H groups in total. The van der Waals surface area contributed by atoms with Crippen LogP contribution in [0.25, 0.3) is 12.2 Å². The summed E-state index contributed by atoms with van der Waals surface area (Å²) in [6, 6.07) is 15.3. The van der Waals surface area contributed by atoms with Gasteiger partial charge >= 0.3 is 0 Å². The zero-order chi connectivity index (χ0) is 26.5. The Morgan fingerprint density at radius 1 is 0.676 bits per heavy atom. The molecule has 0 heterocycles. The van der Waals surface area contributed by atoms with Gasteiger partial charge in [0.2, 0.25) is 0 Å². The van der Waals surface area contributed by atoms with Crippen LogP contribution in [0.3, 0.4) is 0 Å². The van der Waals surface area contributed by atoms with Gasteiger partial charge in [0.1, 0.15) is 0 Å². The average molecular weight is 681 g/mol. The second-order valence-electron chi connectivity index (χ2n) is 9.21. The Balaban J connectivity index is 1.33. The van der Waals surface area contributed by atoms with Crippen molar-refractivity contribution in [1.29, 1.82) is 0 Å². The summed E-state index contributed by atoms with van der Waals surface area (Å²) in [6.07, 6.45) is 23.6. The van der Waals surface area contributed by atoms with Gasteiger partial charge < -0.3 is 0 Å².